The molecule has 1 aliphatic rings. The van der Waals surface area contributed by atoms with E-state index < -0.39 is 0 Å². The molecular weight excluding hydrogens is 160 g/mol. The van der Waals surface area contributed by atoms with Crippen molar-refractivity contribution in [1.29, 1.82) is 0 Å². The standard InChI is InChI=1S/C8H10N2.ClH/c9-7-2-1-6-3-4-10-8(6)5-7;/h1-2,5,10H,3-4,9H2;1H. The van der Waals surface area contributed by atoms with Crippen molar-refractivity contribution in [3.05, 3.63) is 23.8 Å². The van der Waals surface area contributed by atoms with Crippen LogP contribution in [-0.4, -0.2) is 6.54 Å². The van der Waals surface area contributed by atoms with Crippen molar-refractivity contribution in [2.75, 3.05) is 17.6 Å². The third kappa shape index (κ3) is 1.40. The van der Waals surface area contributed by atoms with Crippen molar-refractivity contribution >= 4 is 23.8 Å². The van der Waals surface area contributed by atoms with E-state index in [1.165, 1.54) is 11.3 Å². The lowest BCUT2D eigenvalue weighted by molar-refractivity contribution is 1.11. The molecular formula is C8H11ClN2. The first-order chi connectivity index (χ1) is 4.86. The lowest BCUT2D eigenvalue weighted by Crippen LogP contribution is -1.91. The van der Waals surface area contributed by atoms with Crippen LogP contribution in [0.2, 0.25) is 0 Å². The summed E-state index contributed by atoms with van der Waals surface area (Å²) in [6.07, 6.45) is 1.13. The zero-order chi connectivity index (χ0) is 6.97. The monoisotopic (exact) mass is 170 g/mol. The van der Waals surface area contributed by atoms with Gasteiger partial charge in [-0.05, 0) is 24.1 Å². The summed E-state index contributed by atoms with van der Waals surface area (Å²) in [5, 5.41) is 3.26. The highest BCUT2D eigenvalue weighted by atomic mass is 35.5. The SMILES string of the molecule is Cl.Nc1ccc2c(c1)NCC2. The molecule has 0 saturated heterocycles. The first-order valence-electron chi connectivity index (χ1n) is 3.48. The molecule has 0 unspecified atom stereocenters. The zero-order valence-electron chi connectivity index (χ0n) is 6.13. The van der Waals surface area contributed by atoms with Crippen LogP contribution in [0.25, 0.3) is 0 Å². The van der Waals surface area contributed by atoms with Gasteiger partial charge < -0.3 is 11.1 Å². The van der Waals surface area contributed by atoms with Gasteiger partial charge in [0.05, 0.1) is 0 Å². The van der Waals surface area contributed by atoms with Crippen LogP contribution in [0.5, 0.6) is 0 Å². The van der Waals surface area contributed by atoms with Gasteiger partial charge in [0, 0.05) is 17.9 Å². The van der Waals surface area contributed by atoms with Crippen LogP contribution in [0.15, 0.2) is 18.2 Å². The van der Waals surface area contributed by atoms with Crippen LogP contribution in [0, 0.1) is 0 Å². The van der Waals surface area contributed by atoms with E-state index in [0.717, 1.165) is 18.7 Å². The third-order valence-electron chi connectivity index (χ3n) is 1.84. The molecule has 1 heterocycles. The van der Waals surface area contributed by atoms with E-state index in [0.29, 0.717) is 0 Å². The van der Waals surface area contributed by atoms with E-state index >= 15 is 0 Å². The molecule has 2 rings (SSSR count). The number of rotatable bonds is 0. The Bertz CT molecular complexity index is 260. The lowest BCUT2D eigenvalue weighted by atomic mass is 10.1. The molecule has 0 fully saturated rings. The lowest BCUT2D eigenvalue weighted by Gasteiger charge is -1.98. The van der Waals surface area contributed by atoms with Gasteiger partial charge in [-0.25, -0.2) is 0 Å². The van der Waals surface area contributed by atoms with Crippen LogP contribution in [-0.2, 0) is 6.42 Å². The van der Waals surface area contributed by atoms with Crippen LogP contribution >= 0.6 is 12.4 Å². The zero-order valence-corrected chi connectivity index (χ0v) is 6.95. The minimum absolute atomic E-state index is 0. The Labute approximate surface area is 72.2 Å². The number of nitrogens with one attached hydrogen (secondary N) is 1. The number of hydrogen-bond donors (Lipinski definition) is 2. The molecule has 3 heteroatoms. The average Bonchev–Trinajstić information content (AvgIpc) is 2.33. The van der Waals surface area contributed by atoms with Crippen LogP contribution in [0.4, 0.5) is 11.4 Å². The highest BCUT2D eigenvalue weighted by Gasteiger charge is 2.07. The number of nitrogens with two attached hydrogens (primary N) is 1. The topological polar surface area (TPSA) is 38.0 Å². The first kappa shape index (κ1) is 8.21. The van der Waals surface area contributed by atoms with Gasteiger partial charge in [-0.2, -0.15) is 0 Å². The third-order valence-corrected chi connectivity index (χ3v) is 1.84. The number of hydrogen-bond acceptors (Lipinski definition) is 2. The van der Waals surface area contributed by atoms with E-state index in [1.807, 2.05) is 12.1 Å². The number of halogens is 1. The fourth-order valence-electron chi connectivity index (χ4n) is 1.31. The maximum absolute atomic E-state index is 5.59. The summed E-state index contributed by atoms with van der Waals surface area (Å²) in [4.78, 5) is 0. The summed E-state index contributed by atoms with van der Waals surface area (Å²) in [6, 6.07) is 6.03. The Morgan fingerprint density at radius 3 is 3.00 bits per heavy atom. The molecule has 11 heavy (non-hydrogen) atoms. The first-order valence-corrected chi connectivity index (χ1v) is 3.48. The van der Waals surface area contributed by atoms with Gasteiger partial charge in [0.15, 0.2) is 0 Å². The van der Waals surface area contributed by atoms with Crippen molar-refractivity contribution in [3.8, 4) is 0 Å². The van der Waals surface area contributed by atoms with E-state index in [1.54, 1.807) is 0 Å². The molecule has 0 amide bonds. The number of fused-ring (bicyclic) bond motifs is 1. The minimum atomic E-state index is 0. The Balaban J connectivity index is 0.000000605. The van der Waals surface area contributed by atoms with Gasteiger partial charge >= 0.3 is 0 Å². The molecule has 2 nitrogen and oxygen atoms in total. The Hall–Kier alpha value is -0.890. The van der Waals surface area contributed by atoms with Crippen LogP contribution in [0.3, 0.4) is 0 Å². The summed E-state index contributed by atoms with van der Waals surface area (Å²) >= 11 is 0. The quantitative estimate of drug-likeness (QED) is 0.582. The predicted octanol–water partition coefficient (Wildman–Crippen LogP) is 1.66. The van der Waals surface area contributed by atoms with E-state index in [9.17, 15) is 0 Å². The van der Waals surface area contributed by atoms with Crippen molar-refractivity contribution in [2.24, 2.45) is 0 Å². The van der Waals surface area contributed by atoms with Crippen molar-refractivity contribution < 1.29 is 0 Å². The normalized spacial score (nSPS) is 13.1. The van der Waals surface area contributed by atoms with Gasteiger partial charge in [0.25, 0.3) is 0 Å². The van der Waals surface area contributed by atoms with Gasteiger partial charge in [0.1, 0.15) is 0 Å². The molecule has 0 spiro atoms. The highest BCUT2D eigenvalue weighted by molar-refractivity contribution is 5.85. The second-order valence-corrected chi connectivity index (χ2v) is 2.59. The summed E-state index contributed by atoms with van der Waals surface area (Å²) in [5.41, 5.74) is 9.02. The second-order valence-electron chi connectivity index (χ2n) is 2.59. The molecule has 0 saturated carbocycles. The second kappa shape index (κ2) is 3.01. The Morgan fingerprint density at radius 1 is 1.36 bits per heavy atom. The molecule has 3 N–H and O–H groups in total. The molecule has 0 aliphatic carbocycles. The summed E-state index contributed by atoms with van der Waals surface area (Å²) in [5.74, 6) is 0. The fourth-order valence-corrected chi connectivity index (χ4v) is 1.31. The Morgan fingerprint density at radius 2 is 2.18 bits per heavy atom. The van der Waals surface area contributed by atoms with Crippen molar-refractivity contribution in [3.63, 3.8) is 0 Å². The Kier molecular flexibility index (Phi) is 2.25. The molecule has 0 bridgehead atoms. The molecule has 60 valence electrons. The van der Waals surface area contributed by atoms with E-state index in [2.05, 4.69) is 11.4 Å². The van der Waals surface area contributed by atoms with Crippen LogP contribution in [0.1, 0.15) is 5.56 Å². The molecule has 0 radical (unpaired) electrons. The van der Waals surface area contributed by atoms with Crippen LogP contribution < -0.4 is 11.1 Å². The van der Waals surface area contributed by atoms with Gasteiger partial charge in [-0.3, -0.25) is 0 Å². The smallest absolute Gasteiger partial charge is 0.0394 e. The number of benzene rings is 1. The van der Waals surface area contributed by atoms with E-state index in [4.69, 9.17) is 5.73 Å². The van der Waals surface area contributed by atoms with Crippen molar-refractivity contribution in [1.82, 2.24) is 0 Å². The predicted molar refractivity (Wildman–Crippen MR) is 50.3 cm³/mol. The molecule has 0 aromatic heterocycles. The summed E-state index contributed by atoms with van der Waals surface area (Å²) in [6.45, 7) is 1.05. The number of nitrogen functional groups attached to an aromatic ring is 1. The maximum atomic E-state index is 5.59. The van der Waals surface area contributed by atoms with Gasteiger partial charge in [-0.15, -0.1) is 12.4 Å². The maximum Gasteiger partial charge on any atom is 0.0394 e. The average molecular weight is 171 g/mol. The van der Waals surface area contributed by atoms with Crippen molar-refractivity contribution in [2.45, 2.75) is 6.42 Å². The minimum Gasteiger partial charge on any atom is -0.399 e. The van der Waals surface area contributed by atoms with Gasteiger partial charge in [-0.1, -0.05) is 6.07 Å². The molecule has 1 aromatic carbocycles. The van der Waals surface area contributed by atoms with E-state index in [-0.39, 0.29) is 12.4 Å². The molecule has 1 aromatic rings. The summed E-state index contributed by atoms with van der Waals surface area (Å²) < 4.78 is 0. The van der Waals surface area contributed by atoms with Gasteiger partial charge in [0.2, 0.25) is 0 Å². The number of anilines is 2. The molecule has 1 aliphatic heterocycles. The highest BCUT2D eigenvalue weighted by Crippen LogP contribution is 2.23. The molecule has 0 atom stereocenters. The summed E-state index contributed by atoms with van der Waals surface area (Å²) in [7, 11) is 0. The fraction of sp³-hybridized carbons (Fsp3) is 0.250. The largest absolute Gasteiger partial charge is 0.399 e.